The molecule has 0 fully saturated rings. The van der Waals surface area contributed by atoms with Crippen molar-refractivity contribution >= 4 is 23.1 Å². The molecule has 0 radical (unpaired) electrons. The molecule has 0 unspecified atom stereocenters. The third-order valence-electron chi connectivity index (χ3n) is 5.61. The molecule has 0 bridgehead atoms. The Hall–Kier alpha value is -4.33. The van der Waals surface area contributed by atoms with Crippen LogP contribution in [0.2, 0.25) is 0 Å². The van der Waals surface area contributed by atoms with E-state index in [-0.39, 0.29) is 17.8 Å². The molecule has 0 aromatic heterocycles. The summed E-state index contributed by atoms with van der Waals surface area (Å²) in [6, 6.07) is 17.9. The Bertz CT molecular complexity index is 1300. The van der Waals surface area contributed by atoms with Crippen LogP contribution in [0.3, 0.4) is 0 Å². The molecular weight excluding hydrogens is 439 g/mol. The molecule has 3 aromatic carbocycles. The summed E-state index contributed by atoms with van der Waals surface area (Å²) in [4.78, 5) is 28.1. The summed E-state index contributed by atoms with van der Waals surface area (Å²) in [5.74, 6) is 0.266. The SMILES string of the molecule is COc1ccccc1C1=C(Nc2ccc3c(c2)OCCO3)C(=O)N(Cc2ccc(F)cc2)C1=O. The molecule has 2 aliphatic rings. The zero-order valence-electron chi connectivity index (χ0n) is 18.3. The van der Waals surface area contributed by atoms with Gasteiger partial charge in [0.1, 0.15) is 30.5 Å². The van der Waals surface area contributed by atoms with Crippen LogP contribution in [0.5, 0.6) is 17.2 Å². The van der Waals surface area contributed by atoms with Crippen molar-refractivity contribution in [3.8, 4) is 17.2 Å². The number of methoxy groups -OCH3 is 1. The predicted octanol–water partition coefficient (Wildman–Crippen LogP) is 4.00. The van der Waals surface area contributed by atoms with Crippen LogP contribution in [0.1, 0.15) is 11.1 Å². The van der Waals surface area contributed by atoms with Crippen molar-refractivity contribution < 1.29 is 28.2 Å². The number of halogens is 1. The number of nitrogens with zero attached hydrogens (tertiary/aromatic N) is 1. The van der Waals surface area contributed by atoms with Crippen LogP contribution in [0.25, 0.3) is 5.57 Å². The van der Waals surface area contributed by atoms with Gasteiger partial charge < -0.3 is 19.5 Å². The van der Waals surface area contributed by atoms with Crippen molar-refractivity contribution in [2.45, 2.75) is 6.54 Å². The molecule has 0 atom stereocenters. The standard InChI is InChI=1S/C26H21FN2O5/c1-32-20-5-3-2-4-19(20)23-24(28-18-10-11-21-22(14-18)34-13-12-33-21)26(31)29(25(23)30)15-16-6-8-17(27)9-7-16/h2-11,14,28H,12-13,15H2,1H3. The highest BCUT2D eigenvalue weighted by Crippen LogP contribution is 2.38. The summed E-state index contributed by atoms with van der Waals surface area (Å²) in [5, 5.41) is 3.11. The molecule has 0 spiro atoms. The summed E-state index contributed by atoms with van der Waals surface area (Å²) in [5.41, 5.74) is 2.00. The van der Waals surface area contributed by atoms with E-state index in [2.05, 4.69) is 5.32 Å². The van der Waals surface area contributed by atoms with Gasteiger partial charge in [-0.15, -0.1) is 0 Å². The normalized spacial score (nSPS) is 15.1. The maximum Gasteiger partial charge on any atom is 0.278 e. The van der Waals surface area contributed by atoms with Gasteiger partial charge in [-0.1, -0.05) is 30.3 Å². The number of anilines is 1. The molecule has 172 valence electrons. The Labute approximate surface area is 195 Å². The van der Waals surface area contributed by atoms with Gasteiger partial charge in [0.25, 0.3) is 11.8 Å². The van der Waals surface area contributed by atoms with E-state index in [1.807, 2.05) is 0 Å². The van der Waals surface area contributed by atoms with Gasteiger partial charge in [0.05, 0.1) is 19.2 Å². The molecular formula is C26H21FN2O5. The van der Waals surface area contributed by atoms with E-state index in [0.717, 1.165) is 4.90 Å². The molecule has 5 rings (SSSR count). The number of nitrogens with one attached hydrogen (secondary N) is 1. The zero-order chi connectivity index (χ0) is 23.7. The van der Waals surface area contributed by atoms with Crippen molar-refractivity contribution in [3.63, 3.8) is 0 Å². The molecule has 2 heterocycles. The van der Waals surface area contributed by atoms with Crippen LogP contribution in [-0.4, -0.2) is 37.0 Å². The number of ether oxygens (including phenoxy) is 3. The van der Waals surface area contributed by atoms with Crippen molar-refractivity contribution in [3.05, 3.63) is 89.4 Å². The number of hydrogen-bond donors (Lipinski definition) is 1. The second-order valence-electron chi connectivity index (χ2n) is 7.76. The molecule has 0 saturated heterocycles. The lowest BCUT2D eigenvalue weighted by atomic mass is 10.0. The minimum Gasteiger partial charge on any atom is -0.496 e. The van der Waals surface area contributed by atoms with Crippen molar-refractivity contribution in [2.75, 3.05) is 25.6 Å². The van der Waals surface area contributed by atoms with Gasteiger partial charge >= 0.3 is 0 Å². The number of benzene rings is 3. The fraction of sp³-hybridized carbons (Fsp3) is 0.154. The highest BCUT2D eigenvalue weighted by atomic mass is 19.1. The topological polar surface area (TPSA) is 77.1 Å². The molecule has 34 heavy (non-hydrogen) atoms. The zero-order valence-corrected chi connectivity index (χ0v) is 18.3. The first-order valence-corrected chi connectivity index (χ1v) is 10.7. The van der Waals surface area contributed by atoms with E-state index in [9.17, 15) is 14.0 Å². The van der Waals surface area contributed by atoms with Gasteiger partial charge in [-0.05, 0) is 35.9 Å². The predicted molar refractivity (Wildman–Crippen MR) is 123 cm³/mol. The number of rotatable bonds is 6. The second-order valence-corrected chi connectivity index (χ2v) is 7.76. The third kappa shape index (κ3) is 3.94. The van der Waals surface area contributed by atoms with Crippen molar-refractivity contribution in [1.82, 2.24) is 4.90 Å². The molecule has 8 heteroatoms. The number of hydrogen-bond acceptors (Lipinski definition) is 6. The van der Waals surface area contributed by atoms with Gasteiger partial charge in [0.2, 0.25) is 0 Å². The first-order valence-electron chi connectivity index (χ1n) is 10.7. The second kappa shape index (κ2) is 8.90. The summed E-state index contributed by atoms with van der Waals surface area (Å²) >= 11 is 0. The highest BCUT2D eigenvalue weighted by Gasteiger charge is 2.40. The maximum atomic E-state index is 13.5. The maximum absolute atomic E-state index is 13.5. The Morgan fingerprint density at radius 2 is 1.68 bits per heavy atom. The average molecular weight is 460 g/mol. The Morgan fingerprint density at radius 1 is 0.941 bits per heavy atom. The lowest BCUT2D eigenvalue weighted by Crippen LogP contribution is -2.32. The van der Waals surface area contributed by atoms with E-state index >= 15 is 0 Å². The Morgan fingerprint density at radius 3 is 2.44 bits per heavy atom. The minimum absolute atomic E-state index is 0.00289. The summed E-state index contributed by atoms with van der Waals surface area (Å²) in [7, 11) is 1.50. The first-order chi connectivity index (χ1) is 16.5. The fourth-order valence-corrected chi connectivity index (χ4v) is 3.97. The summed E-state index contributed by atoms with van der Waals surface area (Å²) in [6.45, 7) is 0.894. The highest BCUT2D eigenvalue weighted by molar-refractivity contribution is 6.36. The quantitative estimate of drug-likeness (QED) is 0.561. The average Bonchev–Trinajstić information content (AvgIpc) is 3.09. The lowest BCUT2D eigenvalue weighted by molar-refractivity contribution is -0.137. The minimum atomic E-state index is -0.495. The molecule has 0 saturated carbocycles. The lowest BCUT2D eigenvalue weighted by Gasteiger charge is -2.19. The van der Waals surface area contributed by atoms with E-state index in [4.69, 9.17) is 14.2 Å². The van der Waals surface area contributed by atoms with Crippen LogP contribution in [0.4, 0.5) is 10.1 Å². The van der Waals surface area contributed by atoms with Crippen LogP contribution in [0, 0.1) is 5.82 Å². The van der Waals surface area contributed by atoms with Crippen molar-refractivity contribution in [1.29, 1.82) is 0 Å². The molecule has 2 amide bonds. The largest absolute Gasteiger partial charge is 0.496 e. The molecule has 2 aliphatic heterocycles. The van der Waals surface area contributed by atoms with Gasteiger partial charge in [-0.2, -0.15) is 0 Å². The Kier molecular flexibility index (Phi) is 5.63. The van der Waals surface area contributed by atoms with Crippen LogP contribution in [0.15, 0.2) is 72.4 Å². The summed E-state index contributed by atoms with van der Waals surface area (Å²) < 4.78 is 30.0. The van der Waals surface area contributed by atoms with E-state index < -0.39 is 17.6 Å². The number of imide groups is 1. The van der Waals surface area contributed by atoms with Gasteiger partial charge in [-0.25, -0.2) is 4.39 Å². The molecule has 7 nitrogen and oxygen atoms in total. The number of carbonyl (C=O) groups is 2. The van der Waals surface area contributed by atoms with E-state index in [0.29, 0.717) is 47.3 Å². The number of amides is 2. The number of fused-ring (bicyclic) bond motifs is 1. The van der Waals surface area contributed by atoms with Crippen molar-refractivity contribution in [2.24, 2.45) is 0 Å². The monoisotopic (exact) mass is 460 g/mol. The third-order valence-corrected chi connectivity index (χ3v) is 5.61. The van der Waals surface area contributed by atoms with Crippen LogP contribution >= 0.6 is 0 Å². The Balaban J connectivity index is 1.55. The van der Waals surface area contributed by atoms with E-state index in [1.54, 1.807) is 54.6 Å². The van der Waals surface area contributed by atoms with Crippen LogP contribution < -0.4 is 19.5 Å². The number of para-hydroxylation sites is 1. The molecule has 1 N–H and O–H groups in total. The smallest absolute Gasteiger partial charge is 0.278 e. The van der Waals surface area contributed by atoms with Gasteiger partial charge in [0.15, 0.2) is 11.5 Å². The van der Waals surface area contributed by atoms with Gasteiger partial charge in [0, 0.05) is 17.3 Å². The molecule has 3 aromatic rings. The first kappa shape index (κ1) is 21.5. The molecule has 0 aliphatic carbocycles. The van der Waals surface area contributed by atoms with E-state index in [1.165, 1.54) is 19.2 Å². The number of carbonyl (C=O) groups excluding carboxylic acids is 2. The summed E-state index contributed by atoms with van der Waals surface area (Å²) in [6.07, 6.45) is 0. The van der Waals surface area contributed by atoms with Crippen LogP contribution in [-0.2, 0) is 16.1 Å². The van der Waals surface area contributed by atoms with Gasteiger partial charge in [-0.3, -0.25) is 14.5 Å². The fourth-order valence-electron chi connectivity index (χ4n) is 3.97.